The summed E-state index contributed by atoms with van der Waals surface area (Å²) in [6.45, 7) is 4.27. The Kier molecular flexibility index (Phi) is 3.11. The number of thiazole rings is 1. The zero-order valence-electron chi connectivity index (χ0n) is 10.5. The number of imidazole rings is 1. The second-order valence-corrected chi connectivity index (χ2v) is 7.02. The van der Waals surface area contributed by atoms with Crippen molar-refractivity contribution in [3.63, 3.8) is 0 Å². The van der Waals surface area contributed by atoms with Crippen molar-refractivity contribution in [1.29, 1.82) is 0 Å². The quantitative estimate of drug-likeness (QED) is 0.677. The number of aromatic amines is 1. The molecule has 3 rings (SSSR count). The molecule has 2 heterocycles. The lowest BCUT2D eigenvalue weighted by atomic mass is 10.1. The molecule has 0 spiro atoms. The number of aromatic nitrogens is 3. The summed E-state index contributed by atoms with van der Waals surface area (Å²) < 4.78 is 3.88. The molecule has 0 unspecified atom stereocenters. The molecular formula is C13H12BrN3S2. The zero-order chi connectivity index (χ0) is 13.6. The largest absolute Gasteiger partial charge is 0.331 e. The third kappa shape index (κ3) is 2.07. The van der Waals surface area contributed by atoms with Gasteiger partial charge >= 0.3 is 0 Å². The third-order valence-corrected chi connectivity index (χ3v) is 5.02. The molecule has 0 aliphatic rings. The van der Waals surface area contributed by atoms with Crippen LogP contribution in [0.3, 0.4) is 0 Å². The minimum atomic E-state index is -0.267. The van der Waals surface area contributed by atoms with Gasteiger partial charge in [0, 0.05) is 16.0 Å². The van der Waals surface area contributed by atoms with E-state index in [-0.39, 0.29) is 5.54 Å². The highest BCUT2D eigenvalue weighted by atomic mass is 79.9. The van der Waals surface area contributed by atoms with Gasteiger partial charge in [0.25, 0.3) is 0 Å². The van der Waals surface area contributed by atoms with Crippen molar-refractivity contribution >= 4 is 50.5 Å². The van der Waals surface area contributed by atoms with E-state index in [1.54, 1.807) is 11.3 Å². The molecule has 6 heteroatoms. The lowest BCUT2D eigenvalue weighted by Crippen LogP contribution is -2.27. The minimum absolute atomic E-state index is 0.267. The first kappa shape index (κ1) is 13.0. The van der Waals surface area contributed by atoms with Crippen LogP contribution in [0.2, 0.25) is 0 Å². The van der Waals surface area contributed by atoms with Gasteiger partial charge in [-0.15, -0.1) is 11.3 Å². The first-order valence-electron chi connectivity index (χ1n) is 5.81. The van der Waals surface area contributed by atoms with Gasteiger partial charge in [-0.3, -0.25) is 0 Å². The van der Waals surface area contributed by atoms with Crippen molar-refractivity contribution in [3.8, 4) is 0 Å². The van der Waals surface area contributed by atoms with E-state index in [2.05, 4.69) is 50.4 Å². The molecule has 3 nitrogen and oxygen atoms in total. The molecule has 19 heavy (non-hydrogen) atoms. The van der Waals surface area contributed by atoms with Gasteiger partial charge in [-0.1, -0.05) is 15.9 Å². The Balaban J connectivity index is 2.31. The number of hydrogen-bond donors (Lipinski definition) is 1. The number of rotatable bonds is 2. The predicted molar refractivity (Wildman–Crippen MR) is 85.4 cm³/mol. The van der Waals surface area contributed by atoms with Crippen LogP contribution in [0.15, 0.2) is 34.2 Å². The average molecular weight is 354 g/mol. The molecular weight excluding hydrogens is 342 g/mol. The van der Waals surface area contributed by atoms with E-state index < -0.39 is 0 Å². The van der Waals surface area contributed by atoms with Gasteiger partial charge in [-0.05, 0) is 44.3 Å². The number of H-pyrrole nitrogens is 1. The Hall–Kier alpha value is -0.980. The molecule has 0 aliphatic heterocycles. The van der Waals surface area contributed by atoms with Crippen LogP contribution < -0.4 is 0 Å². The molecule has 0 bridgehead atoms. The van der Waals surface area contributed by atoms with E-state index in [9.17, 15) is 0 Å². The first-order chi connectivity index (χ1) is 9.00. The summed E-state index contributed by atoms with van der Waals surface area (Å²) in [4.78, 5) is 7.70. The fourth-order valence-electron chi connectivity index (χ4n) is 2.26. The molecule has 0 amide bonds. The number of hydrogen-bond acceptors (Lipinski definition) is 3. The zero-order valence-corrected chi connectivity index (χ0v) is 13.7. The Bertz CT molecular complexity index is 784. The van der Waals surface area contributed by atoms with Crippen LogP contribution in [0.25, 0.3) is 11.0 Å². The molecule has 98 valence electrons. The smallest absolute Gasteiger partial charge is 0.178 e. The number of nitrogens with one attached hydrogen (secondary N) is 1. The Morgan fingerprint density at radius 2 is 2.21 bits per heavy atom. The number of nitrogens with zero attached hydrogens (tertiary/aromatic N) is 2. The Labute approximate surface area is 128 Å². The van der Waals surface area contributed by atoms with Crippen LogP contribution in [-0.2, 0) is 5.54 Å². The van der Waals surface area contributed by atoms with Crippen molar-refractivity contribution in [1.82, 2.24) is 14.5 Å². The highest BCUT2D eigenvalue weighted by Gasteiger charge is 2.28. The summed E-state index contributed by atoms with van der Waals surface area (Å²) in [5.41, 5.74) is 1.86. The Morgan fingerprint density at radius 3 is 2.89 bits per heavy atom. The molecule has 1 aromatic carbocycles. The van der Waals surface area contributed by atoms with Crippen molar-refractivity contribution in [2.45, 2.75) is 19.4 Å². The number of halogens is 1. The second-order valence-electron chi connectivity index (χ2n) is 4.82. The van der Waals surface area contributed by atoms with Gasteiger partial charge in [0.15, 0.2) is 4.77 Å². The fourth-order valence-corrected chi connectivity index (χ4v) is 3.81. The molecule has 0 radical (unpaired) electrons. The molecule has 1 N–H and O–H groups in total. The van der Waals surface area contributed by atoms with E-state index in [4.69, 9.17) is 12.2 Å². The molecule has 0 saturated heterocycles. The van der Waals surface area contributed by atoms with Crippen LogP contribution in [0, 0.1) is 4.77 Å². The lowest BCUT2D eigenvalue weighted by molar-refractivity contribution is 0.441. The van der Waals surface area contributed by atoms with Gasteiger partial charge in [0.1, 0.15) is 5.01 Å². The van der Waals surface area contributed by atoms with E-state index in [1.165, 1.54) is 0 Å². The highest BCUT2D eigenvalue weighted by Crippen LogP contribution is 2.32. The molecule has 0 aliphatic carbocycles. The molecule has 3 aromatic rings. The fraction of sp³-hybridized carbons (Fsp3) is 0.231. The van der Waals surface area contributed by atoms with Crippen molar-refractivity contribution in [2.75, 3.05) is 0 Å². The normalized spacial score (nSPS) is 12.2. The topological polar surface area (TPSA) is 33.6 Å². The van der Waals surface area contributed by atoms with Crippen LogP contribution in [0.1, 0.15) is 18.9 Å². The van der Waals surface area contributed by atoms with Crippen LogP contribution in [-0.4, -0.2) is 14.5 Å². The van der Waals surface area contributed by atoms with Crippen LogP contribution in [0.5, 0.6) is 0 Å². The van der Waals surface area contributed by atoms with Crippen molar-refractivity contribution in [3.05, 3.63) is 44.0 Å². The van der Waals surface area contributed by atoms with Gasteiger partial charge in [-0.25, -0.2) is 4.98 Å². The molecule has 0 fully saturated rings. The van der Waals surface area contributed by atoms with Crippen LogP contribution in [0.4, 0.5) is 0 Å². The standard InChI is InChI=1S/C13H12BrN3S2/c1-13(2,11-15-5-6-19-11)17-10-4-3-8(14)7-9(10)16-12(17)18/h3-7H,1-2H3,(H,16,18). The molecule has 0 atom stereocenters. The summed E-state index contributed by atoms with van der Waals surface area (Å²) in [6, 6.07) is 6.14. The predicted octanol–water partition coefficient (Wildman–Crippen LogP) is 4.70. The van der Waals surface area contributed by atoms with E-state index in [1.807, 2.05) is 23.7 Å². The summed E-state index contributed by atoms with van der Waals surface area (Å²) in [6.07, 6.45) is 1.83. The number of fused-ring (bicyclic) bond motifs is 1. The van der Waals surface area contributed by atoms with Crippen LogP contribution >= 0.6 is 39.5 Å². The summed E-state index contributed by atoms with van der Waals surface area (Å²) in [7, 11) is 0. The summed E-state index contributed by atoms with van der Waals surface area (Å²) in [5, 5.41) is 3.04. The summed E-state index contributed by atoms with van der Waals surface area (Å²) in [5.74, 6) is 0. The van der Waals surface area contributed by atoms with Gasteiger partial charge in [-0.2, -0.15) is 0 Å². The maximum absolute atomic E-state index is 5.49. The second kappa shape index (κ2) is 4.54. The first-order valence-corrected chi connectivity index (χ1v) is 7.89. The minimum Gasteiger partial charge on any atom is -0.331 e. The van der Waals surface area contributed by atoms with E-state index >= 15 is 0 Å². The maximum atomic E-state index is 5.49. The Morgan fingerprint density at radius 1 is 1.42 bits per heavy atom. The molecule has 2 aromatic heterocycles. The maximum Gasteiger partial charge on any atom is 0.178 e. The SMILES string of the molecule is CC(C)(c1nccs1)n1c(=S)[nH]c2cc(Br)ccc21. The average Bonchev–Trinajstić information content (AvgIpc) is 2.94. The third-order valence-electron chi connectivity index (χ3n) is 3.16. The molecule has 0 saturated carbocycles. The number of benzene rings is 1. The lowest BCUT2D eigenvalue weighted by Gasteiger charge is -2.25. The summed E-state index contributed by atoms with van der Waals surface area (Å²) >= 11 is 10.6. The van der Waals surface area contributed by atoms with Gasteiger partial charge < -0.3 is 9.55 Å². The van der Waals surface area contributed by atoms with Gasteiger partial charge in [0.05, 0.1) is 16.6 Å². The highest BCUT2D eigenvalue weighted by molar-refractivity contribution is 9.10. The van der Waals surface area contributed by atoms with Gasteiger partial charge in [0.2, 0.25) is 0 Å². The van der Waals surface area contributed by atoms with Crippen molar-refractivity contribution < 1.29 is 0 Å². The van der Waals surface area contributed by atoms with E-state index in [0.717, 1.165) is 20.5 Å². The van der Waals surface area contributed by atoms with E-state index in [0.29, 0.717) is 4.77 Å². The monoisotopic (exact) mass is 353 g/mol. The van der Waals surface area contributed by atoms with Crippen molar-refractivity contribution in [2.24, 2.45) is 0 Å².